The lowest BCUT2D eigenvalue weighted by molar-refractivity contribution is -0.133. The van der Waals surface area contributed by atoms with Crippen LogP contribution >= 0.6 is 0 Å². The van der Waals surface area contributed by atoms with Crippen molar-refractivity contribution in [3.8, 4) is 5.75 Å². The number of amides is 1. The quantitative estimate of drug-likeness (QED) is 0.621. The van der Waals surface area contributed by atoms with Crippen molar-refractivity contribution in [2.24, 2.45) is 17.8 Å². The summed E-state index contributed by atoms with van der Waals surface area (Å²) in [6, 6.07) is 8.56. The molecule has 5 aliphatic rings. The Morgan fingerprint density at radius 1 is 1.00 bits per heavy atom. The van der Waals surface area contributed by atoms with Crippen molar-refractivity contribution in [3.05, 3.63) is 58.9 Å². The highest BCUT2D eigenvalue weighted by molar-refractivity contribution is 6.09. The van der Waals surface area contributed by atoms with E-state index < -0.39 is 29.5 Å². The minimum Gasteiger partial charge on any atom is -0.508 e. The summed E-state index contributed by atoms with van der Waals surface area (Å²) < 4.78 is 13.8. The Kier molecular flexibility index (Phi) is 4.13. The van der Waals surface area contributed by atoms with Gasteiger partial charge in [0.2, 0.25) is 0 Å². The van der Waals surface area contributed by atoms with E-state index in [0.717, 1.165) is 30.9 Å². The molecule has 0 spiro atoms. The van der Waals surface area contributed by atoms with Crippen molar-refractivity contribution in [2.45, 2.75) is 56.0 Å². The number of ketones is 1. The number of carbonyl (C=O) groups excluding carboxylic acids is 2. The first-order valence-corrected chi connectivity index (χ1v) is 11.5. The van der Waals surface area contributed by atoms with Gasteiger partial charge in [-0.2, -0.15) is 0 Å². The first-order chi connectivity index (χ1) is 15.3. The molecule has 3 N–H and O–H groups in total. The van der Waals surface area contributed by atoms with E-state index in [1.807, 2.05) is 0 Å². The summed E-state index contributed by atoms with van der Waals surface area (Å²) in [4.78, 5) is 25.7. The number of benzene rings is 2. The third kappa shape index (κ3) is 2.85. The van der Waals surface area contributed by atoms with Crippen LogP contribution in [0.2, 0.25) is 0 Å². The molecule has 6 heteroatoms. The SMILES string of the molecule is O=C(CC1(O)C(=O)Nc2ccc(F)cc21)c1ccc(O)c(C23CC4CC(CC(C4)C2)C3)c1. The molecule has 0 saturated heterocycles. The first-order valence-electron chi connectivity index (χ1n) is 11.5. The van der Waals surface area contributed by atoms with E-state index in [1.54, 1.807) is 18.2 Å². The topological polar surface area (TPSA) is 86.6 Å². The van der Waals surface area contributed by atoms with Gasteiger partial charge in [-0.1, -0.05) is 0 Å². The van der Waals surface area contributed by atoms with Crippen LogP contribution in [0.3, 0.4) is 0 Å². The number of hydrogen-bond acceptors (Lipinski definition) is 4. The highest BCUT2D eigenvalue weighted by Gasteiger charge is 2.53. The Labute approximate surface area is 185 Å². The zero-order valence-electron chi connectivity index (χ0n) is 17.7. The summed E-state index contributed by atoms with van der Waals surface area (Å²) in [5.74, 6) is 0.559. The van der Waals surface area contributed by atoms with Crippen molar-refractivity contribution in [1.29, 1.82) is 0 Å². The average Bonchev–Trinajstić information content (AvgIpc) is 2.97. The van der Waals surface area contributed by atoms with Crippen LogP contribution in [0.1, 0.15) is 66.4 Å². The van der Waals surface area contributed by atoms with Gasteiger partial charge < -0.3 is 15.5 Å². The minimum atomic E-state index is -2.12. The summed E-state index contributed by atoms with van der Waals surface area (Å²) in [6.07, 6.45) is 6.47. The van der Waals surface area contributed by atoms with Gasteiger partial charge in [-0.05, 0) is 98.1 Å². The Morgan fingerprint density at radius 3 is 2.31 bits per heavy atom. The van der Waals surface area contributed by atoms with E-state index in [-0.39, 0.29) is 16.7 Å². The second-order valence-electron chi connectivity index (χ2n) is 10.5. The van der Waals surface area contributed by atoms with Gasteiger partial charge in [0.1, 0.15) is 11.6 Å². The Hall–Kier alpha value is -2.73. The van der Waals surface area contributed by atoms with Crippen molar-refractivity contribution in [1.82, 2.24) is 0 Å². The van der Waals surface area contributed by atoms with Crippen molar-refractivity contribution in [3.63, 3.8) is 0 Å². The monoisotopic (exact) mass is 435 g/mol. The zero-order valence-corrected chi connectivity index (χ0v) is 17.7. The standard InChI is InChI=1S/C26H26FNO4/c27-18-2-3-21-19(9-18)26(32,24(31)28-21)13-23(30)17-1-4-22(29)20(8-17)25-10-14-5-15(11-25)7-16(6-14)12-25/h1-4,8-9,14-16,29,32H,5-7,10-13H2,(H,28,31). The highest BCUT2D eigenvalue weighted by Crippen LogP contribution is 2.61. The lowest BCUT2D eigenvalue weighted by atomic mass is 9.48. The molecule has 1 heterocycles. The molecule has 4 aliphatic carbocycles. The van der Waals surface area contributed by atoms with Crippen LogP contribution in [0, 0.1) is 23.6 Å². The molecule has 2 aromatic rings. The van der Waals surface area contributed by atoms with E-state index in [2.05, 4.69) is 5.32 Å². The maximum atomic E-state index is 13.8. The van der Waals surface area contributed by atoms with Crippen LogP contribution in [-0.2, 0) is 15.8 Å². The van der Waals surface area contributed by atoms with Crippen LogP contribution in [0.4, 0.5) is 10.1 Å². The van der Waals surface area contributed by atoms with E-state index in [4.69, 9.17) is 0 Å². The maximum absolute atomic E-state index is 13.8. The number of carbonyl (C=O) groups is 2. The first kappa shape index (κ1) is 19.9. The number of nitrogens with one attached hydrogen (secondary N) is 1. The van der Waals surface area contributed by atoms with Gasteiger partial charge in [-0.15, -0.1) is 0 Å². The Bertz CT molecular complexity index is 1120. The molecule has 1 unspecified atom stereocenters. The maximum Gasteiger partial charge on any atom is 0.261 e. The normalized spacial score (nSPS) is 34.4. The van der Waals surface area contributed by atoms with Crippen LogP contribution in [0.25, 0.3) is 0 Å². The number of phenolic OH excluding ortho intramolecular Hbond substituents is 1. The van der Waals surface area contributed by atoms with E-state index in [9.17, 15) is 24.2 Å². The van der Waals surface area contributed by atoms with Crippen LogP contribution < -0.4 is 5.32 Å². The van der Waals surface area contributed by atoms with Gasteiger partial charge in [-0.25, -0.2) is 4.39 Å². The molecule has 1 atom stereocenters. The molecule has 166 valence electrons. The molecule has 4 bridgehead atoms. The van der Waals surface area contributed by atoms with Gasteiger partial charge in [0.05, 0.1) is 6.42 Å². The number of aliphatic hydroxyl groups is 1. The molecular weight excluding hydrogens is 409 g/mol. The fraction of sp³-hybridized carbons (Fsp3) is 0.462. The fourth-order valence-corrected chi connectivity index (χ4v) is 7.40. The largest absolute Gasteiger partial charge is 0.508 e. The lowest BCUT2D eigenvalue weighted by Gasteiger charge is -2.57. The summed E-state index contributed by atoms with van der Waals surface area (Å²) in [6.45, 7) is 0. The summed E-state index contributed by atoms with van der Waals surface area (Å²) in [5.41, 5.74) is -0.626. The number of rotatable bonds is 4. The zero-order chi connectivity index (χ0) is 22.3. The van der Waals surface area contributed by atoms with Crippen LogP contribution in [0.15, 0.2) is 36.4 Å². The summed E-state index contributed by atoms with van der Waals surface area (Å²) in [7, 11) is 0. The van der Waals surface area contributed by atoms with Gasteiger partial charge >= 0.3 is 0 Å². The Morgan fingerprint density at radius 2 is 1.66 bits per heavy atom. The number of aromatic hydroxyl groups is 1. The van der Waals surface area contributed by atoms with Gasteiger partial charge in [-0.3, -0.25) is 9.59 Å². The second-order valence-corrected chi connectivity index (χ2v) is 10.5. The summed E-state index contributed by atoms with van der Waals surface area (Å²) in [5, 5.41) is 24.4. The van der Waals surface area contributed by atoms with Crippen LogP contribution in [0.5, 0.6) is 5.75 Å². The predicted octanol–water partition coefficient (Wildman–Crippen LogP) is 4.41. The van der Waals surface area contributed by atoms with Crippen molar-refractivity contribution >= 4 is 17.4 Å². The minimum absolute atomic E-state index is 0.0796. The Balaban J connectivity index is 1.33. The predicted molar refractivity (Wildman–Crippen MR) is 116 cm³/mol. The molecule has 1 amide bonds. The fourth-order valence-electron chi connectivity index (χ4n) is 7.40. The van der Waals surface area contributed by atoms with Gasteiger partial charge in [0, 0.05) is 22.4 Å². The highest BCUT2D eigenvalue weighted by atomic mass is 19.1. The molecule has 0 aromatic heterocycles. The smallest absolute Gasteiger partial charge is 0.261 e. The molecule has 1 aliphatic heterocycles. The molecular formula is C26H26FNO4. The van der Waals surface area contributed by atoms with Crippen LogP contribution in [-0.4, -0.2) is 21.9 Å². The van der Waals surface area contributed by atoms with Crippen molar-refractivity contribution in [2.75, 3.05) is 5.32 Å². The van der Waals surface area contributed by atoms with Gasteiger partial charge in [0.15, 0.2) is 11.4 Å². The molecule has 0 radical (unpaired) electrons. The lowest BCUT2D eigenvalue weighted by Crippen LogP contribution is -2.48. The third-order valence-electron chi connectivity index (χ3n) is 8.40. The number of fused-ring (bicyclic) bond motifs is 1. The molecule has 32 heavy (non-hydrogen) atoms. The number of phenols is 1. The van der Waals surface area contributed by atoms with E-state index in [0.29, 0.717) is 29.0 Å². The molecule has 2 aromatic carbocycles. The second kappa shape index (κ2) is 6.64. The van der Waals surface area contributed by atoms with E-state index in [1.165, 1.54) is 31.4 Å². The van der Waals surface area contributed by atoms with Gasteiger partial charge in [0.25, 0.3) is 5.91 Å². The number of hydrogen-bond donors (Lipinski definition) is 3. The number of Topliss-reactive ketones (excluding diaryl/α,β-unsaturated/α-hetero) is 1. The molecule has 4 saturated carbocycles. The molecule has 5 nitrogen and oxygen atoms in total. The number of anilines is 1. The third-order valence-corrected chi connectivity index (χ3v) is 8.40. The molecule has 4 fully saturated rings. The van der Waals surface area contributed by atoms with Crippen molar-refractivity contribution < 1.29 is 24.2 Å². The summed E-state index contributed by atoms with van der Waals surface area (Å²) >= 11 is 0. The average molecular weight is 435 g/mol. The number of halogens is 1. The van der Waals surface area contributed by atoms with E-state index >= 15 is 0 Å². The molecule has 7 rings (SSSR count).